The van der Waals surface area contributed by atoms with Gasteiger partial charge in [-0.3, -0.25) is 19.3 Å². The first-order valence-electron chi connectivity index (χ1n) is 10.4. The van der Waals surface area contributed by atoms with E-state index in [0.717, 1.165) is 43.1 Å². The zero-order chi connectivity index (χ0) is 22.1. The van der Waals surface area contributed by atoms with E-state index in [1.165, 1.54) is 24.3 Å². The normalized spacial score (nSPS) is 21.8. The molecule has 8 heteroatoms. The Morgan fingerprint density at radius 1 is 1.16 bits per heavy atom. The number of fused-ring (bicyclic) bond motifs is 1. The summed E-state index contributed by atoms with van der Waals surface area (Å²) in [6.45, 7) is 4.21. The minimum atomic E-state index is -0.938. The fourth-order valence-electron chi connectivity index (χ4n) is 4.39. The standard InChI is InChI=1S/C23H25ClFN3O2S/c1-15(29)23-28(20-7-4-18(24)12-22(20)31(23)26)13-16-8-10-27(11-9-16)14-21(30)17-2-5-19(25)6-3-17/h2-7,12,16,23,26H,8-11,13-14H2,1H3. The molecule has 2 aliphatic heterocycles. The largest absolute Gasteiger partial charge is 0.351 e. The summed E-state index contributed by atoms with van der Waals surface area (Å²) in [7, 11) is -0.938. The third kappa shape index (κ3) is 4.73. The van der Waals surface area contributed by atoms with Gasteiger partial charge in [-0.1, -0.05) is 11.6 Å². The first-order valence-corrected chi connectivity index (χ1v) is 12.0. The molecular weight excluding hydrogens is 437 g/mol. The van der Waals surface area contributed by atoms with Crippen molar-refractivity contribution in [1.29, 1.82) is 4.78 Å². The van der Waals surface area contributed by atoms with Gasteiger partial charge in [0.15, 0.2) is 11.6 Å². The van der Waals surface area contributed by atoms with Gasteiger partial charge in [-0.25, -0.2) is 4.39 Å². The monoisotopic (exact) mass is 461 g/mol. The second kappa shape index (κ2) is 9.18. The summed E-state index contributed by atoms with van der Waals surface area (Å²) in [4.78, 5) is 29.9. The molecule has 2 aromatic carbocycles. The fraction of sp³-hybridized carbons (Fsp3) is 0.391. The molecular formula is C23H25ClFN3O2S. The molecule has 0 bridgehead atoms. The van der Waals surface area contributed by atoms with Crippen molar-refractivity contribution in [3.8, 4) is 0 Å². The van der Waals surface area contributed by atoms with Gasteiger partial charge >= 0.3 is 0 Å². The van der Waals surface area contributed by atoms with Crippen molar-refractivity contribution in [2.24, 2.45) is 5.92 Å². The summed E-state index contributed by atoms with van der Waals surface area (Å²) in [5, 5.41) is 0.137. The summed E-state index contributed by atoms with van der Waals surface area (Å²) in [5.74, 6) is 0.0480. The van der Waals surface area contributed by atoms with Gasteiger partial charge in [-0.15, -0.1) is 0 Å². The molecule has 2 aromatic rings. The van der Waals surface area contributed by atoms with E-state index in [4.69, 9.17) is 16.4 Å². The van der Waals surface area contributed by atoms with Gasteiger partial charge in [0.2, 0.25) is 0 Å². The molecule has 2 aliphatic rings. The summed E-state index contributed by atoms with van der Waals surface area (Å²) in [6.07, 6.45) is 1.85. The van der Waals surface area contributed by atoms with E-state index in [1.807, 2.05) is 18.2 Å². The number of benzene rings is 2. The van der Waals surface area contributed by atoms with Crippen LogP contribution in [0.3, 0.4) is 0 Å². The number of Topliss-reactive ketones (excluding diaryl/α,β-unsaturated/α-hetero) is 2. The predicted octanol–water partition coefficient (Wildman–Crippen LogP) is 4.55. The first-order chi connectivity index (χ1) is 14.8. The Bertz CT molecular complexity index is 1020. The fourth-order valence-corrected chi connectivity index (χ4v) is 6.32. The maximum absolute atomic E-state index is 13.1. The molecule has 5 nitrogen and oxygen atoms in total. The van der Waals surface area contributed by atoms with Crippen LogP contribution in [0.4, 0.5) is 10.1 Å². The van der Waals surface area contributed by atoms with E-state index in [2.05, 4.69) is 9.80 Å². The van der Waals surface area contributed by atoms with E-state index < -0.39 is 16.1 Å². The van der Waals surface area contributed by atoms with Crippen LogP contribution in [0.1, 0.15) is 30.1 Å². The zero-order valence-electron chi connectivity index (χ0n) is 17.3. The van der Waals surface area contributed by atoms with Crippen LogP contribution >= 0.6 is 11.6 Å². The molecule has 1 N–H and O–H groups in total. The van der Waals surface area contributed by atoms with Crippen molar-refractivity contribution >= 4 is 39.5 Å². The third-order valence-electron chi connectivity index (χ3n) is 6.02. The Kier molecular flexibility index (Phi) is 6.55. The van der Waals surface area contributed by atoms with Gasteiger partial charge in [0.25, 0.3) is 0 Å². The number of likely N-dealkylation sites (tertiary alicyclic amines) is 1. The molecule has 1 fully saturated rings. The number of anilines is 1. The van der Waals surface area contributed by atoms with Gasteiger partial charge in [-0.05, 0) is 91.9 Å². The average Bonchev–Trinajstić information content (AvgIpc) is 3.01. The van der Waals surface area contributed by atoms with Crippen LogP contribution in [0.25, 0.3) is 0 Å². The van der Waals surface area contributed by atoms with Crippen LogP contribution in [0, 0.1) is 16.5 Å². The number of hydrogen-bond donors (Lipinski definition) is 1. The minimum absolute atomic E-state index is 0.00121. The number of carbonyl (C=O) groups is 2. The Morgan fingerprint density at radius 2 is 1.84 bits per heavy atom. The number of hydrogen-bond acceptors (Lipinski definition) is 5. The highest BCUT2D eigenvalue weighted by molar-refractivity contribution is 7.88. The minimum Gasteiger partial charge on any atom is -0.351 e. The lowest BCUT2D eigenvalue weighted by atomic mass is 9.95. The third-order valence-corrected chi connectivity index (χ3v) is 8.09. The number of nitrogens with zero attached hydrogens (tertiary/aromatic N) is 2. The Morgan fingerprint density at radius 3 is 2.48 bits per heavy atom. The van der Waals surface area contributed by atoms with Crippen molar-refractivity contribution in [2.75, 3.05) is 31.1 Å². The van der Waals surface area contributed by atoms with Crippen molar-refractivity contribution in [3.63, 3.8) is 0 Å². The predicted molar refractivity (Wildman–Crippen MR) is 122 cm³/mol. The van der Waals surface area contributed by atoms with Gasteiger partial charge in [-0.2, -0.15) is 0 Å². The molecule has 0 spiro atoms. The summed E-state index contributed by atoms with van der Waals surface area (Å²) in [6, 6.07) is 11.2. The number of piperidine rings is 1. The van der Waals surface area contributed by atoms with Crippen LogP contribution in [0.15, 0.2) is 47.4 Å². The molecule has 0 amide bonds. The average molecular weight is 462 g/mol. The molecule has 4 rings (SSSR count). The van der Waals surface area contributed by atoms with Gasteiger partial charge in [0, 0.05) is 22.0 Å². The lowest BCUT2D eigenvalue weighted by Gasteiger charge is -2.35. The van der Waals surface area contributed by atoms with Gasteiger partial charge in [0.1, 0.15) is 11.2 Å². The SMILES string of the molecule is CC(=O)C1N(CC2CCN(CC(=O)c3ccc(F)cc3)CC2)c2ccc(Cl)cc2S1=N. The maximum Gasteiger partial charge on any atom is 0.176 e. The molecule has 0 saturated carbocycles. The number of halogens is 2. The highest BCUT2D eigenvalue weighted by Gasteiger charge is 2.38. The van der Waals surface area contributed by atoms with Crippen LogP contribution in [0.2, 0.25) is 5.02 Å². The van der Waals surface area contributed by atoms with Crippen LogP contribution in [0.5, 0.6) is 0 Å². The zero-order valence-corrected chi connectivity index (χ0v) is 18.9. The smallest absolute Gasteiger partial charge is 0.176 e. The molecule has 31 heavy (non-hydrogen) atoms. The summed E-state index contributed by atoms with van der Waals surface area (Å²) in [5.41, 5.74) is 1.47. The lowest BCUT2D eigenvalue weighted by Crippen LogP contribution is -2.45. The van der Waals surface area contributed by atoms with Gasteiger partial charge in [0.05, 0.1) is 12.2 Å². The molecule has 0 aromatic heterocycles. The highest BCUT2D eigenvalue weighted by Crippen LogP contribution is 2.39. The van der Waals surface area contributed by atoms with E-state index in [9.17, 15) is 14.0 Å². The van der Waals surface area contributed by atoms with E-state index >= 15 is 0 Å². The van der Waals surface area contributed by atoms with E-state index in [-0.39, 0.29) is 17.4 Å². The van der Waals surface area contributed by atoms with E-state index in [0.29, 0.717) is 23.0 Å². The molecule has 2 unspecified atom stereocenters. The Balaban J connectivity index is 1.38. The number of nitrogens with one attached hydrogen (secondary N) is 1. The van der Waals surface area contributed by atoms with Gasteiger partial charge < -0.3 is 4.90 Å². The van der Waals surface area contributed by atoms with Crippen molar-refractivity contribution in [2.45, 2.75) is 30.0 Å². The molecule has 164 valence electrons. The second-order valence-electron chi connectivity index (χ2n) is 8.21. The maximum atomic E-state index is 13.1. The second-order valence-corrected chi connectivity index (χ2v) is 10.2. The number of ketones is 2. The molecule has 1 saturated heterocycles. The molecule has 2 heterocycles. The number of carbonyl (C=O) groups excluding carboxylic acids is 2. The van der Waals surface area contributed by atoms with Crippen LogP contribution < -0.4 is 4.90 Å². The lowest BCUT2D eigenvalue weighted by molar-refractivity contribution is -0.116. The number of rotatable bonds is 6. The quantitative estimate of drug-likeness (QED) is 0.641. The Labute approximate surface area is 189 Å². The van der Waals surface area contributed by atoms with E-state index in [1.54, 1.807) is 6.92 Å². The summed E-state index contributed by atoms with van der Waals surface area (Å²) < 4.78 is 21.7. The van der Waals surface area contributed by atoms with Crippen molar-refractivity contribution < 1.29 is 14.0 Å². The molecule has 0 radical (unpaired) electrons. The topological polar surface area (TPSA) is 64.5 Å². The summed E-state index contributed by atoms with van der Waals surface area (Å²) >= 11 is 6.13. The van der Waals surface area contributed by atoms with Crippen LogP contribution in [-0.2, 0) is 15.5 Å². The Hall–Kier alpha value is -2.09. The molecule has 2 atom stereocenters. The highest BCUT2D eigenvalue weighted by atomic mass is 35.5. The van der Waals surface area contributed by atoms with Crippen molar-refractivity contribution in [3.05, 3.63) is 58.9 Å². The first kappa shape index (κ1) is 22.1. The van der Waals surface area contributed by atoms with Crippen molar-refractivity contribution in [1.82, 2.24) is 4.90 Å². The molecule has 0 aliphatic carbocycles. The van der Waals surface area contributed by atoms with Crippen LogP contribution in [-0.4, -0.2) is 48.0 Å².